The average molecular weight is 474 g/mol. The zero-order valence-corrected chi connectivity index (χ0v) is 19.6. The second-order valence-electron chi connectivity index (χ2n) is 7.75. The third-order valence-electron chi connectivity index (χ3n) is 4.83. The van der Waals surface area contributed by atoms with E-state index in [0.717, 1.165) is 5.56 Å². The van der Waals surface area contributed by atoms with Gasteiger partial charge in [-0.1, -0.05) is 61.5 Å². The monoisotopic (exact) mass is 473 g/mol. The Morgan fingerprint density at radius 2 is 1.88 bits per heavy atom. The van der Waals surface area contributed by atoms with Gasteiger partial charge in [0.15, 0.2) is 11.0 Å². The Hall–Kier alpha value is -2.91. The number of non-ortho nitro benzene ring substituents is 1. The number of thioether (sulfide) groups is 1. The van der Waals surface area contributed by atoms with Gasteiger partial charge < -0.3 is 9.88 Å². The van der Waals surface area contributed by atoms with Crippen LogP contribution in [0.15, 0.2) is 53.7 Å². The highest BCUT2D eigenvalue weighted by atomic mass is 35.5. The number of nitro benzene ring substituents is 1. The van der Waals surface area contributed by atoms with Crippen LogP contribution in [-0.4, -0.2) is 25.6 Å². The number of carbonyl (C=O) groups is 1. The fraction of sp³-hybridized carbons (Fsp3) is 0.318. The highest BCUT2D eigenvalue weighted by Gasteiger charge is 2.24. The number of hydrogen-bond acceptors (Lipinski definition) is 6. The summed E-state index contributed by atoms with van der Waals surface area (Å²) < 4.78 is 1.87. The van der Waals surface area contributed by atoms with Gasteiger partial charge in [-0.05, 0) is 30.0 Å². The van der Waals surface area contributed by atoms with Crippen LogP contribution >= 0.6 is 23.4 Å². The van der Waals surface area contributed by atoms with Gasteiger partial charge in [-0.15, -0.1) is 10.2 Å². The van der Waals surface area contributed by atoms with E-state index in [9.17, 15) is 14.9 Å². The van der Waals surface area contributed by atoms with Gasteiger partial charge in [-0.2, -0.15) is 0 Å². The Morgan fingerprint density at radius 3 is 2.50 bits per heavy atom. The second-order valence-corrected chi connectivity index (χ2v) is 9.10. The van der Waals surface area contributed by atoms with Gasteiger partial charge in [0.2, 0.25) is 0 Å². The summed E-state index contributed by atoms with van der Waals surface area (Å²) in [6.45, 7) is 4.16. The molecule has 1 atom stereocenters. The number of nitro groups is 1. The molecule has 3 aromatic rings. The third kappa shape index (κ3) is 5.86. The fourth-order valence-corrected chi connectivity index (χ4v) is 4.29. The molecule has 0 spiro atoms. The maximum Gasteiger partial charge on any atom is 0.269 e. The first-order valence-electron chi connectivity index (χ1n) is 10.1. The minimum atomic E-state index is -0.419. The summed E-state index contributed by atoms with van der Waals surface area (Å²) in [5, 5.41) is 23.6. The van der Waals surface area contributed by atoms with Crippen molar-refractivity contribution in [3.63, 3.8) is 0 Å². The van der Waals surface area contributed by atoms with Crippen molar-refractivity contribution in [2.24, 2.45) is 13.0 Å². The predicted molar refractivity (Wildman–Crippen MR) is 125 cm³/mol. The molecule has 3 rings (SSSR count). The molecule has 1 unspecified atom stereocenters. The lowest BCUT2D eigenvalue weighted by Gasteiger charge is -2.20. The normalized spacial score (nSPS) is 12.0. The smallest absolute Gasteiger partial charge is 0.269 e. The summed E-state index contributed by atoms with van der Waals surface area (Å²) in [7, 11) is 1.86. The lowest BCUT2D eigenvalue weighted by molar-refractivity contribution is -0.384. The van der Waals surface area contributed by atoms with Crippen LogP contribution < -0.4 is 5.32 Å². The minimum absolute atomic E-state index is 0.0606. The van der Waals surface area contributed by atoms with Gasteiger partial charge in [0.25, 0.3) is 11.6 Å². The Labute approximate surface area is 195 Å². The number of carbonyl (C=O) groups excluding carboxylic acids is 1. The van der Waals surface area contributed by atoms with E-state index in [0.29, 0.717) is 39.7 Å². The molecule has 0 aliphatic rings. The SMILES string of the molecule is CC(C)CC(NC(=O)c1ccccc1Cl)c1nnc(SCc2ccc([N+](=O)[O-])cc2)n1C. The summed E-state index contributed by atoms with van der Waals surface area (Å²) in [5.74, 6) is 1.30. The zero-order chi connectivity index (χ0) is 23.3. The number of aromatic nitrogens is 3. The Morgan fingerprint density at radius 1 is 1.19 bits per heavy atom. The summed E-state index contributed by atoms with van der Waals surface area (Å²) in [6.07, 6.45) is 0.690. The van der Waals surface area contributed by atoms with E-state index in [-0.39, 0.29) is 17.6 Å². The molecule has 0 bridgehead atoms. The van der Waals surface area contributed by atoms with Gasteiger partial charge in [-0.25, -0.2) is 0 Å². The van der Waals surface area contributed by atoms with E-state index in [1.807, 2.05) is 11.6 Å². The van der Waals surface area contributed by atoms with E-state index in [4.69, 9.17) is 11.6 Å². The summed E-state index contributed by atoms with van der Waals surface area (Å²) in [6, 6.07) is 13.0. The molecule has 1 amide bonds. The van der Waals surface area contributed by atoms with Crippen molar-refractivity contribution in [1.29, 1.82) is 0 Å². The summed E-state index contributed by atoms with van der Waals surface area (Å²) >= 11 is 7.66. The van der Waals surface area contributed by atoms with Gasteiger partial charge in [0.05, 0.1) is 21.6 Å². The first-order chi connectivity index (χ1) is 15.3. The number of amides is 1. The largest absolute Gasteiger partial charge is 0.342 e. The molecular formula is C22H24ClN5O3S. The molecule has 0 radical (unpaired) electrons. The van der Waals surface area contributed by atoms with Crippen LogP contribution in [0.5, 0.6) is 0 Å². The molecule has 32 heavy (non-hydrogen) atoms. The van der Waals surface area contributed by atoms with E-state index in [1.54, 1.807) is 36.4 Å². The topological polar surface area (TPSA) is 103 Å². The number of benzene rings is 2. The van der Waals surface area contributed by atoms with Crippen LogP contribution in [-0.2, 0) is 12.8 Å². The van der Waals surface area contributed by atoms with Crippen molar-refractivity contribution in [1.82, 2.24) is 20.1 Å². The van der Waals surface area contributed by atoms with E-state index < -0.39 is 4.92 Å². The van der Waals surface area contributed by atoms with Crippen molar-refractivity contribution >= 4 is 35.0 Å². The van der Waals surface area contributed by atoms with Crippen molar-refractivity contribution in [3.8, 4) is 0 Å². The van der Waals surface area contributed by atoms with Gasteiger partial charge >= 0.3 is 0 Å². The summed E-state index contributed by atoms with van der Waals surface area (Å²) in [5.41, 5.74) is 1.42. The van der Waals surface area contributed by atoms with Crippen molar-refractivity contribution in [2.75, 3.05) is 0 Å². The molecule has 10 heteroatoms. The molecular weight excluding hydrogens is 450 g/mol. The average Bonchev–Trinajstić information content (AvgIpc) is 3.12. The lowest BCUT2D eigenvalue weighted by atomic mass is 10.0. The molecule has 168 valence electrons. The molecule has 1 aromatic heterocycles. The quantitative estimate of drug-likeness (QED) is 0.260. The van der Waals surface area contributed by atoms with E-state index in [2.05, 4.69) is 29.4 Å². The molecule has 2 aromatic carbocycles. The Balaban J connectivity index is 1.74. The lowest BCUT2D eigenvalue weighted by Crippen LogP contribution is -2.31. The molecule has 1 N–H and O–H groups in total. The summed E-state index contributed by atoms with van der Waals surface area (Å²) in [4.78, 5) is 23.2. The zero-order valence-electron chi connectivity index (χ0n) is 18.0. The molecule has 0 aliphatic heterocycles. The van der Waals surface area contributed by atoms with E-state index in [1.165, 1.54) is 23.9 Å². The van der Waals surface area contributed by atoms with Gasteiger partial charge in [-0.3, -0.25) is 14.9 Å². The van der Waals surface area contributed by atoms with E-state index >= 15 is 0 Å². The standard InChI is InChI=1S/C22H24ClN5O3S/c1-14(2)12-19(24-21(29)17-6-4-5-7-18(17)23)20-25-26-22(27(20)3)32-13-15-8-10-16(11-9-15)28(30)31/h4-11,14,19H,12-13H2,1-3H3,(H,24,29). The highest BCUT2D eigenvalue weighted by molar-refractivity contribution is 7.98. The number of hydrogen-bond donors (Lipinski definition) is 1. The highest BCUT2D eigenvalue weighted by Crippen LogP contribution is 2.27. The number of nitrogens with one attached hydrogen (secondary N) is 1. The number of halogens is 1. The maximum absolute atomic E-state index is 12.8. The molecule has 1 heterocycles. The Kier molecular flexibility index (Phi) is 7.87. The predicted octanol–water partition coefficient (Wildman–Crippen LogP) is 5.19. The number of nitrogens with zero attached hydrogens (tertiary/aromatic N) is 4. The minimum Gasteiger partial charge on any atom is -0.342 e. The molecule has 0 aliphatic carbocycles. The third-order valence-corrected chi connectivity index (χ3v) is 6.25. The van der Waals surface area contributed by atoms with Crippen molar-refractivity contribution in [2.45, 2.75) is 37.2 Å². The first-order valence-corrected chi connectivity index (χ1v) is 11.4. The van der Waals surface area contributed by atoms with Crippen LogP contribution in [0.4, 0.5) is 5.69 Å². The van der Waals surface area contributed by atoms with Crippen LogP contribution in [0.25, 0.3) is 0 Å². The second kappa shape index (κ2) is 10.6. The van der Waals surface area contributed by atoms with Crippen LogP contribution in [0.3, 0.4) is 0 Å². The number of rotatable bonds is 9. The van der Waals surface area contributed by atoms with Crippen LogP contribution in [0, 0.1) is 16.0 Å². The molecule has 0 fully saturated rings. The Bertz CT molecular complexity index is 1100. The molecule has 0 saturated carbocycles. The van der Waals surface area contributed by atoms with Crippen molar-refractivity contribution in [3.05, 3.63) is 80.6 Å². The van der Waals surface area contributed by atoms with Gasteiger partial charge in [0, 0.05) is 24.9 Å². The fourth-order valence-electron chi connectivity index (χ4n) is 3.20. The molecule has 0 saturated heterocycles. The van der Waals surface area contributed by atoms with Crippen molar-refractivity contribution < 1.29 is 9.72 Å². The maximum atomic E-state index is 12.8. The molecule has 8 nitrogen and oxygen atoms in total. The van der Waals surface area contributed by atoms with Crippen LogP contribution in [0.1, 0.15) is 48.1 Å². The first kappa shape index (κ1) is 23.7. The van der Waals surface area contributed by atoms with Crippen LogP contribution in [0.2, 0.25) is 5.02 Å². The van der Waals surface area contributed by atoms with Gasteiger partial charge in [0.1, 0.15) is 0 Å².